The van der Waals surface area contributed by atoms with Crippen molar-refractivity contribution in [3.05, 3.63) is 47.6 Å². The molecule has 4 rings (SSSR count). The van der Waals surface area contributed by atoms with Gasteiger partial charge in [-0.15, -0.1) is 0 Å². The Morgan fingerprint density at radius 3 is 2.00 bits per heavy atom. The zero-order valence-electron chi connectivity index (χ0n) is 22.0. The van der Waals surface area contributed by atoms with E-state index in [2.05, 4.69) is 25.2 Å². The van der Waals surface area contributed by atoms with E-state index in [4.69, 9.17) is 4.74 Å². The molecular weight excluding hydrogens is 438 g/mol. The SMILES string of the molecule is CC=CCCC1CCC(CCC2CCC(C3CC=C(c4ccc(OC)c(F)c4F)CC3)CC2)CC1. The summed E-state index contributed by atoms with van der Waals surface area (Å²) in [6, 6.07) is 3.21. The lowest BCUT2D eigenvalue weighted by Gasteiger charge is -2.36. The van der Waals surface area contributed by atoms with Crippen molar-refractivity contribution in [3.8, 4) is 5.75 Å². The Balaban J connectivity index is 1.17. The van der Waals surface area contributed by atoms with Gasteiger partial charge in [-0.1, -0.05) is 69.6 Å². The van der Waals surface area contributed by atoms with Gasteiger partial charge in [-0.2, -0.15) is 4.39 Å². The highest BCUT2D eigenvalue weighted by atomic mass is 19.2. The third-order valence-corrected chi connectivity index (χ3v) is 9.55. The van der Waals surface area contributed by atoms with Crippen LogP contribution >= 0.6 is 0 Å². The fourth-order valence-electron chi connectivity index (χ4n) is 7.19. The normalized spacial score (nSPS) is 29.8. The zero-order chi connectivity index (χ0) is 24.6. The molecule has 1 unspecified atom stereocenters. The Morgan fingerprint density at radius 2 is 1.43 bits per heavy atom. The minimum atomic E-state index is -0.871. The molecule has 0 radical (unpaired) electrons. The predicted octanol–water partition coefficient (Wildman–Crippen LogP) is 9.91. The van der Waals surface area contributed by atoms with Crippen LogP contribution in [0.5, 0.6) is 5.75 Å². The molecule has 0 spiro atoms. The van der Waals surface area contributed by atoms with Gasteiger partial charge in [0.25, 0.3) is 0 Å². The molecule has 0 heterocycles. The maximum absolute atomic E-state index is 14.5. The summed E-state index contributed by atoms with van der Waals surface area (Å²) in [5.41, 5.74) is 1.38. The van der Waals surface area contributed by atoms with E-state index in [-0.39, 0.29) is 5.75 Å². The van der Waals surface area contributed by atoms with E-state index in [1.807, 2.05) is 0 Å². The van der Waals surface area contributed by atoms with Crippen LogP contribution in [0.4, 0.5) is 8.78 Å². The summed E-state index contributed by atoms with van der Waals surface area (Å²) in [5, 5.41) is 0. The van der Waals surface area contributed by atoms with E-state index >= 15 is 0 Å². The minimum absolute atomic E-state index is 0.0231. The molecule has 3 heteroatoms. The molecule has 0 amide bonds. The second-order valence-electron chi connectivity index (χ2n) is 11.6. The molecule has 1 aromatic carbocycles. The van der Waals surface area contributed by atoms with Gasteiger partial charge in [0, 0.05) is 5.56 Å². The van der Waals surface area contributed by atoms with Crippen LogP contribution < -0.4 is 4.74 Å². The molecule has 35 heavy (non-hydrogen) atoms. The van der Waals surface area contributed by atoms with Crippen molar-refractivity contribution in [2.75, 3.05) is 7.11 Å². The highest BCUT2D eigenvalue weighted by Crippen LogP contribution is 2.43. The monoisotopic (exact) mass is 484 g/mol. The standard InChI is InChI=1S/C32H46F2O/c1-3-4-5-6-23-7-9-24(10-8-23)11-12-25-13-15-26(16-14-25)27-17-19-28(20-18-27)29-21-22-30(35-2)32(34)31(29)33/h3-4,19,21-27H,5-18,20H2,1-2H3. The minimum Gasteiger partial charge on any atom is -0.494 e. The van der Waals surface area contributed by atoms with Crippen molar-refractivity contribution in [3.63, 3.8) is 0 Å². The molecule has 0 N–H and O–H groups in total. The molecule has 1 atom stereocenters. The summed E-state index contributed by atoms with van der Waals surface area (Å²) >= 11 is 0. The highest BCUT2D eigenvalue weighted by Gasteiger charge is 2.30. The van der Waals surface area contributed by atoms with Gasteiger partial charge in [0.05, 0.1) is 7.11 Å². The smallest absolute Gasteiger partial charge is 0.201 e. The predicted molar refractivity (Wildman–Crippen MR) is 142 cm³/mol. The van der Waals surface area contributed by atoms with Crippen molar-refractivity contribution >= 4 is 5.57 Å². The van der Waals surface area contributed by atoms with Gasteiger partial charge in [0.2, 0.25) is 5.82 Å². The number of ether oxygens (including phenoxy) is 1. The van der Waals surface area contributed by atoms with Crippen LogP contribution in [0.1, 0.15) is 109 Å². The quantitative estimate of drug-likeness (QED) is 0.317. The van der Waals surface area contributed by atoms with Crippen molar-refractivity contribution < 1.29 is 13.5 Å². The first kappa shape index (κ1) is 26.4. The second-order valence-corrected chi connectivity index (χ2v) is 11.6. The van der Waals surface area contributed by atoms with Gasteiger partial charge in [0.1, 0.15) is 0 Å². The first-order chi connectivity index (χ1) is 17.1. The molecule has 2 fully saturated rings. The Kier molecular flexibility index (Phi) is 9.86. The number of methoxy groups -OCH3 is 1. The van der Waals surface area contributed by atoms with E-state index in [1.165, 1.54) is 84.2 Å². The van der Waals surface area contributed by atoms with E-state index in [0.717, 1.165) is 48.5 Å². The lowest BCUT2D eigenvalue weighted by Crippen LogP contribution is -2.24. The summed E-state index contributed by atoms with van der Waals surface area (Å²) in [7, 11) is 1.37. The maximum Gasteiger partial charge on any atom is 0.201 e. The number of allylic oxidation sites excluding steroid dienone is 4. The Bertz CT molecular complexity index is 857. The fraction of sp³-hybridized carbons (Fsp3) is 0.688. The van der Waals surface area contributed by atoms with E-state index < -0.39 is 11.6 Å². The van der Waals surface area contributed by atoms with Gasteiger partial charge in [-0.25, -0.2) is 4.39 Å². The largest absolute Gasteiger partial charge is 0.494 e. The number of rotatable bonds is 9. The first-order valence-corrected chi connectivity index (χ1v) is 14.4. The molecule has 0 aromatic heterocycles. The lowest BCUT2D eigenvalue weighted by atomic mass is 9.69. The highest BCUT2D eigenvalue weighted by molar-refractivity contribution is 5.67. The molecule has 0 saturated heterocycles. The summed E-state index contributed by atoms with van der Waals surface area (Å²) in [6.07, 6.45) is 26.6. The molecule has 2 saturated carbocycles. The zero-order valence-corrected chi connectivity index (χ0v) is 22.0. The van der Waals surface area contributed by atoms with Crippen molar-refractivity contribution in [1.29, 1.82) is 0 Å². The third kappa shape index (κ3) is 6.98. The van der Waals surface area contributed by atoms with E-state index in [0.29, 0.717) is 11.5 Å². The molecular formula is C32H46F2O. The molecule has 194 valence electrons. The van der Waals surface area contributed by atoms with E-state index in [9.17, 15) is 8.78 Å². The number of hydrogen-bond acceptors (Lipinski definition) is 1. The van der Waals surface area contributed by atoms with Gasteiger partial charge < -0.3 is 4.74 Å². The molecule has 0 bridgehead atoms. The third-order valence-electron chi connectivity index (χ3n) is 9.55. The molecule has 0 aliphatic heterocycles. The van der Waals surface area contributed by atoms with Crippen LogP contribution in [0.3, 0.4) is 0 Å². The average Bonchev–Trinajstić information content (AvgIpc) is 2.90. The summed E-state index contributed by atoms with van der Waals surface area (Å²) in [4.78, 5) is 0. The number of halogens is 2. The Hall–Kier alpha value is -1.64. The Morgan fingerprint density at radius 1 is 0.800 bits per heavy atom. The first-order valence-electron chi connectivity index (χ1n) is 14.4. The van der Waals surface area contributed by atoms with Crippen LogP contribution in [-0.4, -0.2) is 7.11 Å². The van der Waals surface area contributed by atoms with Crippen LogP contribution in [0.25, 0.3) is 5.57 Å². The summed E-state index contributed by atoms with van der Waals surface area (Å²) in [5.74, 6) is 2.76. The van der Waals surface area contributed by atoms with E-state index in [1.54, 1.807) is 12.1 Å². The second kappa shape index (κ2) is 13.1. The van der Waals surface area contributed by atoms with Crippen molar-refractivity contribution in [1.82, 2.24) is 0 Å². The average molecular weight is 485 g/mol. The van der Waals surface area contributed by atoms with Gasteiger partial charge >= 0.3 is 0 Å². The van der Waals surface area contributed by atoms with Crippen molar-refractivity contribution in [2.24, 2.45) is 29.6 Å². The molecule has 3 aliphatic carbocycles. The molecule has 3 aliphatic rings. The molecule has 1 nitrogen and oxygen atoms in total. The number of hydrogen-bond donors (Lipinski definition) is 0. The van der Waals surface area contributed by atoms with Gasteiger partial charge in [0.15, 0.2) is 11.6 Å². The maximum atomic E-state index is 14.5. The molecule has 1 aromatic rings. The van der Waals surface area contributed by atoms with Crippen LogP contribution in [0.2, 0.25) is 0 Å². The van der Waals surface area contributed by atoms with Crippen LogP contribution in [0.15, 0.2) is 30.4 Å². The Labute approximate surface area is 212 Å². The van der Waals surface area contributed by atoms with Crippen LogP contribution in [0, 0.1) is 41.2 Å². The fourth-order valence-corrected chi connectivity index (χ4v) is 7.19. The van der Waals surface area contributed by atoms with Crippen LogP contribution in [-0.2, 0) is 0 Å². The number of benzene rings is 1. The lowest BCUT2D eigenvalue weighted by molar-refractivity contribution is 0.175. The van der Waals surface area contributed by atoms with Crippen molar-refractivity contribution in [2.45, 2.75) is 103 Å². The summed E-state index contributed by atoms with van der Waals surface area (Å²) < 4.78 is 33.6. The summed E-state index contributed by atoms with van der Waals surface area (Å²) in [6.45, 7) is 2.13. The van der Waals surface area contributed by atoms with Gasteiger partial charge in [-0.3, -0.25) is 0 Å². The van der Waals surface area contributed by atoms with Gasteiger partial charge in [-0.05, 0) is 99.2 Å². The topological polar surface area (TPSA) is 9.23 Å².